The van der Waals surface area contributed by atoms with Crippen LogP contribution in [0.1, 0.15) is 37.8 Å². The second-order valence-corrected chi connectivity index (χ2v) is 5.62. The van der Waals surface area contributed by atoms with Crippen molar-refractivity contribution < 1.29 is 9.53 Å². The number of unbranched alkanes of at least 4 members (excludes halogenated alkanes) is 1. The third kappa shape index (κ3) is 5.80. The summed E-state index contributed by atoms with van der Waals surface area (Å²) >= 11 is 1.53. The minimum atomic E-state index is -0.178. The number of nitriles is 1. The highest BCUT2D eigenvalue weighted by molar-refractivity contribution is 7.99. The van der Waals surface area contributed by atoms with Crippen LogP contribution in [0.15, 0.2) is 24.3 Å². The molecule has 0 aromatic heterocycles. The monoisotopic (exact) mass is 277 g/mol. The number of ether oxygens (including phenoxy) is 1. The molecule has 102 valence electrons. The minimum absolute atomic E-state index is 0.158. The summed E-state index contributed by atoms with van der Waals surface area (Å²) in [7, 11) is 0. The molecule has 1 aromatic carbocycles. The summed E-state index contributed by atoms with van der Waals surface area (Å²) in [5.41, 5.74) is 1.70. The predicted octanol–water partition coefficient (Wildman–Crippen LogP) is 3.52. The second-order valence-electron chi connectivity index (χ2n) is 4.29. The SMILES string of the molecule is CCCCOC(=O)C(C)SCc1cccc(C#N)c1. The smallest absolute Gasteiger partial charge is 0.318 e. The van der Waals surface area contributed by atoms with Crippen LogP contribution >= 0.6 is 11.8 Å². The van der Waals surface area contributed by atoms with Crippen LogP contribution in [0, 0.1) is 11.3 Å². The first-order valence-electron chi connectivity index (χ1n) is 6.44. The van der Waals surface area contributed by atoms with E-state index in [1.54, 1.807) is 6.07 Å². The van der Waals surface area contributed by atoms with Crippen LogP contribution in [0.2, 0.25) is 0 Å². The van der Waals surface area contributed by atoms with E-state index in [0.29, 0.717) is 17.9 Å². The van der Waals surface area contributed by atoms with Crippen molar-refractivity contribution in [3.63, 3.8) is 0 Å². The molecule has 0 aliphatic heterocycles. The summed E-state index contributed by atoms with van der Waals surface area (Å²) in [4.78, 5) is 11.7. The van der Waals surface area contributed by atoms with E-state index in [0.717, 1.165) is 18.4 Å². The van der Waals surface area contributed by atoms with Crippen LogP contribution in [0.4, 0.5) is 0 Å². The van der Waals surface area contributed by atoms with E-state index in [2.05, 4.69) is 13.0 Å². The van der Waals surface area contributed by atoms with Crippen LogP contribution in [-0.4, -0.2) is 17.8 Å². The van der Waals surface area contributed by atoms with E-state index in [4.69, 9.17) is 10.00 Å². The first-order valence-corrected chi connectivity index (χ1v) is 7.49. The number of carbonyl (C=O) groups is 1. The molecule has 0 aliphatic rings. The second kappa shape index (κ2) is 8.60. The maximum Gasteiger partial charge on any atom is 0.318 e. The van der Waals surface area contributed by atoms with Gasteiger partial charge in [0.25, 0.3) is 0 Å². The average molecular weight is 277 g/mol. The Hall–Kier alpha value is -1.47. The van der Waals surface area contributed by atoms with Crippen molar-refractivity contribution in [2.24, 2.45) is 0 Å². The lowest BCUT2D eigenvalue weighted by atomic mass is 10.2. The molecule has 0 bridgehead atoms. The molecule has 0 aliphatic carbocycles. The number of thioether (sulfide) groups is 1. The van der Waals surface area contributed by atoms with Gasteiger partial charge in [0.1, 0.15) is 0 Å². The topological polar surface area (TPSA) is 50.1 Å². The quantitative estimate of drug-likeness (QED) is 0.565. The molecule has 3 nitrogen and oxygen atoms in total. The van der Waals surface area contributed by atoms with Crippen molar-refractivity contribution in [3.8, 4) is 6.07 Å². The molecule has 1 aromatic rings. The van der Waals surface area contributed by atoms with Gasteiger partial charge in [0.2, 0.25) is 0 Å². The lowest BCUT2D eigenvalue weighted by Gasteiger charge is -2.11. The molecule has 0 saturated carbocycles. The van der Waals surface area contributed by atoms with Crippen LogP contribution in [-0.2, 0) is 15.3 Å². The zero-order valence-electron chi connectivity index (χ0n) is 11.4. The Morgan fingerprint density at radius 2 is 2.32 bits per heavy atom. The summed E-state index contributed by atoms with van der Waals surface area (Å²) < 4.78 is 5.17. The van der Waals surface area contributed by atoms with E-state index in [9.17, 15) is 4.79 Å². The summed E-state index contributed by atoms with van der Waals surface area (Å²) in [5.74, 6) is 0.550. The number of rotatable bonds is 7. The Morgan fingerprint density at radius 1 is 1.53 bits per heavy atom. The number of esters is 1. The van der Waals surface area contributed by atoms with E-state index in [1.807, 2.05) is 25.1 Å². The van der Waals surface area contributed by atoms with Crippen molar-refractivity contribution >= 4 is 17.7 Å². The van der Waals surface area contributed by atoms with Crippen LogP contribution < -0.4 is 0 Å². The molecular weight excluding hydrogens is 258 g/mol. The Balaban J connectivity index is 2.38. The van der Waals surface area contributed by atoms with E-state index in [-0.39, 0.29) is 11.2 Å². The van der Waals surface area contributed by atoms with Crippen molar-refractivity contribution in [2.75, 3.05) is 6.61 Å². The van der Waals surface area contributed by atoms with Crippen LogP contribution in [0.3, 0.4) is 0 Å². The van der Waals surface area contributed by atoms with E-state index in [1.165, 1.54) is 11.8 Å². The Kier molecular flexibility index (Phi) is 7.06. The van der Waals surface area contributed by atoms with Crippen LogP contribution in [0.25, 0.3) is 0 Å². The highest BCUT2D eigenvalue weighted by Crippen LogP contribution is 2.19. The summed E-state index contributed by atoms with van der Waals surface area (Å²) in [6.45, 7) is 4.42. The van der Waals surface area contributed by atoms with Gasteiger partial charge in [-0.2, -0.15) is 5.26 Å². The fourth-order valence-electron chi connectivity index (χ4n) is 1.45. The summed E-state index contributed by atoms with van der Waals surface area (Å²) in [6, 6.07) is 9.56. The third-order valence-corrected chi connectivity index (χ3v) is 3.82. The van der Waals surface area contributed by atoms with Crippen molar-refractivity contribution in [1.82, 2.24) is 0 Å². The molecule has 0 spiro atoms. The van der Waals surface area contributed by atoms with Gasteiger partial charge in [-0.3, -0.25) is 4.79 Å². The van der Waals surface area contributed by atoms with Gasteiger partial charge in [-0.15, -0.1) is 11.8 Å². The van der Waals surface area contributed by atoms with E-state index >= 15 is 0 Å². The van der Waals surface area contributed by atoms with Gasteiger partial charge >= 0.3 is 5.97 Å². The van der Waals surface area contributed by atoms with Gasteiger partial charge in [-0.05, 0) is 31.0 Å². The minimum Gasteiger partial charge on any atom is -0.465 e. The van der Waals surface area contributed by atoms with Gasteiger partial charge in [0, 0.05) is 5.75 Å². The number of benzene rings is 1. The maximum atomic E-state index is 11.7. The fourth-order valence-corrected chi connectivity index (χ4v) is 2.28. The van der Waals surface area contributed by atoms with Crippen molar-refractivity contribution in [2.45, 2.75) is 37.7 Å². The van der Waals surface area contributed by atoms with Gasteiger partial charge in [0.05, 0.1) is 23.5 Å². The number of hydrogen-bond donors (Lipinski definition) is 0. The zero-order valence-corrected chi connectivity index (χ0v) is 12.2. The predicted molar refractivity (Wildman–Crippen MR) is 77.8 cm³/mol. The van der Waals surface area contributed by atoms with E-state index < -0.39 is 0 Å². The van der Waals surface area contributed by atoms with Crippen molar-refractivity contribution in [3.05, 3.63) is 35.4 Å². The highest BCUT2D eigenvalue weighted by atomic mass is 32.2. The molecule has 0 N–H and O–H groups in total. The number of nitrogens with zero attached hydrogens (tertiary/aromatic N) is 1. The van der Waals surface area contributed by atoms with Crippen LogP contribution in [0.5, 0.6) is 0 Å². The first-order chi connectivity index (χ1) is 9.17. The molecule has 1 rings (SSSR count). The summed E-state index contributed by atoms with van der Waals surface area (Å²) in [6.07, 6.45) is 1.93. The summed E-state index contributed by atoms with van der Waals surface area (Å²) in [5, 5.41) is 8.64. The molecule has 0 fully saturated rings. The van der Waals surface area contributed by atoms with Gasteiger partial charge in [-0.1, -0.05) is 25.5 Å². The molecule has 0 amide bonds. The fraction of sp³-hybridized carbons (Fsp3) is 0.467. The molecule has 1 atom stereocenters. The van der Waals surface area contributed by atoms with Gasteiger partial charge in [0.15, 0.2) is 0 Å². The largest absolute Gasteiger partial charge is 0.465 e. The zero-order chi connectivity index (χ0) is 14.1. The molecule has 0 saturated heterocycles. The standard InChI is InChI=1S/C15H19NO2S/c1-3-4-8-18-15(17)12(2)19-11-14-7-5-6-13(9-14)10-16/h5-7,9,12H,3-4,8,11H2,1-2H3. The molecule has 0 radical (unpaired) electrons. The first kappa shape index (κ1) is 15.6. The molecule has 19 heavy (non-hydrogen) atoms. The highest BCUT2D eigenvalue weighted by Gasteiger charge is 2.14. The normalized spacial score (nSPS) is 11.6. The number of carbonyl (C=O) groups excluding carboxylic acids is 1. The Labute approximate surface area is 119 Å². The lowest BCUT2D eigenvalue weighted by Crippen LogP contribution is -2.17. The average Bonchev–Trinajstić information content (AvgIpc) is 2.45. The molecule has 4 heteroatoms. The third-order valence-electron chi connectivity index (χ3n) is 2.63. The Morgan fingerprint density at radius 3 is 3.00 bits per heavy atom. The van der Waals surface area contributed by atoms with Gasteiger partial charge < -0.3 is 4.74 Å². The lowest BCUT2D eigenvalue weighted by molar-refractivity contribution is -0.142. The van der Waals surface area contributed by atoms with Gasteiger partial charge in [-0.25, -0.2) is 0 Å². The Bertz CT molecular complexity index is 454. The molecule has 1 unspecified atom stereocenters. The van der Waals surface area contributed by atoms with Crippen molar-refractivity contribution in [1.29, 1.82) is 5.26 Å². The maximum absolute atomic E-state index is 11.7. The molecule has 0 heterocycles. The molecular formula is C15H19NO2S. The number of hydrogen-bond acceptors (Lipinski definition) is 4.